The topological polar surface area (TPSA) is 66.5 Å². The van der Waals surface area contributed by atoms with Crippen molar-refractivity contribution >= 4 is 50.5 Å². The fourth-order valence-corrected chi connectivity index (χ4v) is 3.57. The van der Waals surface area contributed by atoms with Crippen LogP contribution in [0.2, 0.25) is 10.0 Å². The predicted octanol–water partition coefficient (Wildman–Crippen LogP) is 4.42. The van der Waals surface area contributed by atoms with Crippen molar-refractivity contribution in [1.29, 1.82) is 0 Å². The molecule has 1 amide bonds. The number of amides is 1. The van der Waals surface area contributed by atoms with Gasteiger partial charge in [0, 0.05) is 15.7 Å². The number of hydrogen-bond donors (Lipinski definition) is 1. The van der Waals surface area contributed by atoms with Gasteiger partial charge in [-0.3, -0.25) is 9.10 Å². The molecule has 0 spiro atoms. The minimum Gasteiger partial charge on any atom is -0.324 e. The maximum Gasteiger partial charge on any atom is 0.416 e. The van der Waals surface area contributed by atoms with Crippen molar-refractivity contribution in [3.05, 3.63) is 58.1 Å². The van der Waals surface area contributed by atoms with Gasteiger partial charge in [-0.1, -0.05) is 29.3 Å². The molecule has 0 aliphatic heterocycles. The zero-order valence-corrected chi connectivity index (χ0v) is 16.0. The summed E-state index contributed by atoms with van der Waals surface area (Å²) in [5, 5.41) is 2.90. The summed E-state index contributed by atoms with van der Waals surface area (Å²) in [4.78, 5) is 12.2. The zero-order valence-electron chi connectivity index (χ0n) is 13.7. The largest absolute Gasteiger partial charge is 0.416 e. The molecule has 0 bridgehead atoms. The van der Waals surface area contributed by atoms with E-state index in [1.54, 1.807) is 0 Å². The Morgan fingerprint density at radius 3 is 2.22 bits per heavy atom. The second-order valence-electron chi connectivity index (χ2n) is 5.52. The number of carbonyl (C=O) groups excluding carboxylic acids is 1. The Balaban J connectivity index is 2.29. The Bertz CT molecular complexity index is 945. The van der Waals surface area contributed by atoms with Gasteiger partial charge in [-0.25, -0.2) is 8.42 Å². The van der Waals surface area contributed by atoms with E-state index < -0.39 is 34.2 Å². The fraction of sp³-hybridized carbons (Fsp3) is 0.188. The van der Waals surface area contributed by atoms with Gasteiger partial charge >= 0.3 is 6.18 Å². The van der Waals surface area contributed by atoms with E-state index in [2.05, 4.69) is 5.32 Å². The Morgan fingerprint density at radius 1 is 1.11 bits per heavy atom. The highest BCUT2D eigenvalue weighted by molar-refractivity contribution is 7.92. The Labute approximate surface area is 163 Å². The highest BCUT2D eigenvalue weighted by atomic mass is 35.5. The van der Waals surface area contributed by atoms with Gasteiger partial charge in [0.05, 0.1) is 17.5 Å². The molecule has 0 heterocycles. The molecule has 0 aliphatic carbocycles. The minimum atomic E-state index is -4.65. The van der Waals surface area contributed by atoms with Gasteiger partial charge in [0.1, 0.15) is 6.54 Å². The van der Waals surface area contributed by atoms with Crippen LogP contribution >= 0.6 is 23.2 Å². The molecular weight excluding hydrogens is 428 g/mol. The van der Waals surface area contributed by atoms with Crippen LogP contribution in [0.15, 0.2) is 42.5 Å². The Kier molecular flexibility index (Phi) is 6.28. The SMILES string of the molecule is CS(=O)(=O)N(CC(=O)Nc1cc(Cl)cc(Cl)c1)c1cccc(C(F)(F)F)c1. The maximum atomic E-state index is 12.9. The number of alkyl halides is 3. The highest BCUT2D eigenvalue weighted by Crippen LogP contribution is 2.32. The lowest BCUT2D eigenvalue weighted by Crippen LogP contribution is -2.37. The molecule has 1 N–H and O–H groups in total. The summed E-state index contributed by atoms with van der Waals surface area (Å²) in [5.74, 6) is -0.781. The molecule has 0 saturated heterocycles. The Morgan fingerprint density at radius 2 is 1.70 bits per heavy atom. The van der Waals surface area contributed by atoms with Crippen LogP contribution in [0.1, 0.15) is 5.56 Å². The second-order valence-corrected chi connectivity index (χ2v) is 8.30. The molecule has 0 unspecified atom stereocenters. The molecule has 11 heteroatoms. The molecule has 0 aliphatic rings. The number of anilines is 2. The molecule has 2 aromatic rings. The normalized spacial score (nSPS) is 11.9. The predicted molar refractivity (Wildman–Crippen MR) is 98.7 cm³/mol. The molecule has 0 fully saturated rings. The molecule has 0 saturated carbocycles. The first-order chi connectivity index (χ1) is 12.4. The monoisotopic (exact) mass is 440 g/mol. The van der Waals surface area contributed by atoms with Crippen LogP contribution in [0.5, 0.6) is 0 Å². The van der Waals surface area contributed by atoms with E-state index in [0.29, 0.717) is 10.4 Å². The number of benzene rings is 2. The van der Waals surface area contributed by atoms with Crippen molar-refractivity contribution < 1.29 is 26.4 Å². The number of sulfonamides is 1. The molecule has 0 aromatic heterocycles. The van der Waals surface area contributed by atoms with E-state index in [1.165, 1.54) is 24.3 Å². The van der Waals surface area contributed by atoms with E-state index >= 15 is 0 Å². The van der Waals surface area contributed by atoms with E-state index in [-0.39, 0.29) is 21.4 Å². The van der Waals surface area contributed by atoms with Crippen LogP contribution in [0.4, 0.5) is 24.5 Å². The third-order valence-electron chi connectivity index (χ3n) is 3.30. The third-order valence-corrected chi connectivity index (χ3v) is 4.87. The molecule has 5 nitrogen and oxygen atoms in total. The van der Waals surface area contributed by atoms with Crippen molar-refractivity contribution in [3.63, 3.8) is 0 Å². The fourth-order valence-electron chi connectivity index (χ4n) is 2.19. The lowest BCUT2D eigenvalue weighted by atomic mass is 10.2. The molecule has 2 aromatic carbocycles. The van der Waals surface area contributed by atoms with Gasteiger partial charge in [0.15, 0.2) is 0 Å². The summed E-state index contributed by atoms with van der Waals surface area (Å²) >= 11 is 11.6. The van der Waals surface area contributed by atoms with Crippen LogP contribution in [0.25, 0.3) is 0 Å². The van der Waals surface area contributed by atoms with E-state index in [9.17, 15) is 26.4 Å². The minimum absolute atomic E-state index is 0.218. The number of halogens is 5. The first kappa shape index (κ1) is 21.3. The standard InChI is InChI=1S/C16H13Cl2F3N2O3S/c1-27(25,26)23(14-4-2-3-10(5-14)16(19,20)21)9-15(24)22-13-7-11(17)6-12(18)8-13/h2-8H,9H2,1H3,(H,22,24). The molecule has 27 heavy (non-hydrogen) atoms. The van der Waals surface area contributed by atoms with Gasteiger partial charge in [-0.05, 0) is 36.4 Å². The van der Waals surface area contributed by atoms with Crippen molar-refractivity contribution in [1.82, 2.24) is 0 Å². The van der Waals surface area contributed by atoms with Gasteiger partial charge in [0.2, 0.25) is 15.9 Å². The quantitative estimate of drug-likeness (QED) is 0.748. The average molecular weight is 441 g/mol. The van der Waals surface area contributed by atoms with Crippen LogP contribution in [-0.2, 0) is 21.0 Å². The van der Waals surface area contributed by atoms with Crippen molar-refractivity contribution in [2.75, 3.05) is 22.4 Å². The van der Waals surface area contributed by atoms with E-state index in [0.717, 1.165) is 18.4 Å². The lowest BCUT2D eigenvalue weighted by molar-refractivity contribution is -0.137. The number of carbonyl (C=O) groups is 1. The molecular formula is C16H13Cl2F3N2O3S. The highest BCUT2D eigenvalue weighted by Gasteiger charge is 2.32. The van der Waals surface area contributed by atoms with Crippen LogP contribution in [0, 0.1) is 0 Å². The van der Waals surface area contributed by atoms with Gasteiger partial charge in [-0.2, -0.15) is 13.2 Å². The number of nitrogens with one attached hydrogen (secondary N) is 1. The number of rotatable bonds is 5. The van der Waals surface area contributed by atoms with E-state index in [1.807, 2.05) is 0 Å². The third kappa shape index (κ3) is 6.02. The van der Waals surface area contributed by atoms with Crippen LogP contribution in [-0.4, -0.2) is 27.1 Å². The van der Waals surface area contributed by atoms with Crippen molar-refractivity contribution in [2.24, 2.45) is 0 Å². The number of hydrogen-bond acceptors (Lipinski definition) is 3. The summed E-state index contributed by atoms with van der Waals surface area (Å²) in [6, 6.07) is 7.90. The van der Waals surface area contributed by atoms with Gasteiger partial charge < -0.3 is 5.32 Å². The van der Waals surface area contributed by atoms with Crippen LogP contribution in [0.3, 0.4) is 0 Å². The van der Waals surface area contributed by atoms with Crippen LogP contribution < -0.4 is 9.62 Å². The second kappa shape index (κ2) is 7.95. The Hall–Kier alpha value is -1.97. The smallest absolute Gasteiger partial charge is 0.324 e. The number of nitrogens with zero attached hydrogens (tertiary/aromatic N) is 1. The molecule has 2 rings (SSSR count). The van der Waals surface area contributed by atoms with Crippen molar-refractivity contribution in [3.8, 4) is 0 Å². The van der Waals surface area contributed by atoms with Gasteiger partial charge in [0.25, 0.3) is 0 Å². The summed E-state index contributed by atoms with van der Waals surface area (Å²) in [7, 11) is -4.03. The average Bonchev–Trinajstić information content (AvgIpc) is 2.50. The first-order valence-electron chi connectivity index (χ1n) is 7.27. The summed E-state index contributed by atoms with van der Waals surface area (Å²) in [6.07, 6.45) is -3.87. The molecule has 146 valence electrons. The van der Waals surface area contributed by atoms with Crippen molar-refractivity contribution in [2.45, 2.75) is 6.18 Å². The lowest BCUT2D eigenvalue weighted by Gasteiger charge is -2.23. The van der Waals surface area contributed by atoms with E-state index in [4.69, 9.17) is 23.2 Å². The summed E-state index contributed by atoms with van der Waals surface area (Å²) in [6.45, 7) is -0.732. The van der Waals surface area contributed by atoms with Gasteiger partial charge in [-0.15, -0.1) is 0 Å². The summed E-state index contributed by atoms with van der Waals surface area (Å²) in [5.41, 5.74) is -1.10. The zero-order chi connectivity index (χ0) is 20.4. The first-order valence-corrected chi connectivity index (χ1v) is 9.87. The molecule has 0 atom stereocenters. The maximum absolute atomic E-state index is 12.9. The summed E-state index contributed by atoms with van der Waals surface area (Å²) < 4.78 is 63.2. The molecule has 0 radical (unpaired) electrons.